The molecule has 0 amide bonds. The van der Waals surface area contributed by atoms with Gasteiger partial charge in [0.05, 0.1) is 13.2 Å². The largest absolute Gasteiger partial charge is 0.549 e. The van der Waals surface area contributed by atoms with E-state index in [-0.39, 0.29) is 13.2 Å². The molecule has 0 rings (SSSR count). The van der Waals surface area contributed by atoms with Crippen molar-refractivity contribution < 1.29 is 28.8 Å². The van der Waals surface area contributed by atoms with Gasteiger partial charge in [0, 0.05) is 0 Å². The van der Waals surface area contributed by atoms with Crippen LogP contribution >= 0.6 is 0 Å². The standard InChI is InChI=1S/C16H30O6/c1-3-5-7-9-11-13-19-15(17)21-22-16(18)20-14-12-10-8-6-4-2/h3-14H2,1-2H3. The maximum absolute atomic E-state index is 11.1. The van der Waals surface area contributed by atoms with Crippen LogP contribution in [-0.4, -0.2) is 25.5 Å². The SMILES string of the molecule is CCCCCCCOC(=O)OOC(=O)OCCCCCCC. The summed E-state index contributed by atoms with van der Waals surface area (Å²) in [7, 11) is 0. The molecule has 0 spiro atoms. The van der Waals surface area contributed by atoms with E-state index < -0.39 is 12.3 Å². The van der Waals surface area contributed by atoms with Crippen molar-refractivity contribution in [3.05, 3.63) is 0 Å². The van der Waals surface area contributed by atoms with E-state index in [0.717, 1.165) is 51.4 Å². The number of ether oxygens (including phenoxy) is 2. The van der Waals surface area contributed by atoms with Gasteiger partial charge in [0.2, 0.25) is 0 Å². The van der Waals surface area contributed by atoms with Crippen molar-refractivity contribution >= 4 is 12.3 Å². The Bertz CT molecular complexity index is 252. The van der Waals surface area contributed by atoms with Crippen molar-refractivity contribution in [3.8, 4) is 0 Å². The van der Waals surface area contributed by atoms with Gasteiger partial charge in [0.15, 0.2) is 0 Å². The summed E-state index contributed by atoms with van der Waals surface area (Å²) in [6, 6.07) is 0. The molecule has 0 unspecified atom stereocenters. The molecular weight excluding hydrogens is 288 g/mol. The molecule has 0 aliphatic heterocycles. The third kappa shape index (κ3) is 14.9. The molecule has 0 heterocycles. The Morgan fingerprint density at radius 2 is 0.955 bits per heavy atom. The smallest absolute Gasteiger partial charge is 0.432 e. The fraction of sp³-hybridized carbons (Fsp3) is 0.875. The summed E-state index contributed by atoms with van der Waals surface area (Å²) in [5.41, 5.74) is 0. The van der Waals surface area contributed by atoms with Crippen LogP contribution in [0.15, 0.2) is 0 Å². The summed E-state index contributed by atoms with van der Waals surface area (Å²) in [4.78, 5) is 30.6. The topological polar surface area (TPSA) is 71.1 Å². The summed E-state index contributed by atoms with van der Waals surface area (Å²) < 4.78 is 9.50. The number of carbonyl (C=O) groups is 2. The first kappa shape index (κ1) is 20.5. The van der Waals surface area contributed by atoms with Crippen LogP contribution in [0.25, 0.3) is 0 Å². The number of rotatable bonds is 12. The normalized spacial score (nSPS) is 10.1. The molecule has 0 aliphatic carbocycles. The number of hydrogen-bond acceptors (Lipinski definition) is 6. The Morgan fingerprint density at radius 1 is 0.591 bits per heavy atom. The van der Waals surface area contributed by atoms with Gasteiger partial charge in [-0.3, -0.25) is 0 Å². The Kier molecular flexibility index (Phi) is 14.9. The number of unbranched alkanes of at least 4 members (excludes halogenated alkanes) is 8. The van der Waals surface area contributed by atoms with Gasteiger partial charge in [-0.1, -0.05) is 65.2 Å². The van der Waals surface area contributed by atoms with Gasteiger partial charge < -0.3 is 9.47 Å². The zero-order chi connectivity index (χ0) is 16.5. The van der Waals surface area contributed by atoms with Gasteiger partial charge in [0.1, 0.15) is 0 Å². The van der Waals surface area contributed by atoms with Crippen LogP contribution in [-0.2, 0) is 19.2 Å². The minimum absolute atomic E-state index is 0.262. The third-order valence-corrected chi connectivity index (χ3v) is 3.11. The molecule has 0 aromatic rings. The van der Waals surface area contributed by atoms with Gasteiger partial charge in [-0.2, -0.15) is 19.4 Å². The maximum Gasteiger partial charge on any atom is 0.549 e. The lowest BCUT2D eigenvalue weighted by atomic mass is 10.2. The van der Waals surface area contributed by atoms with E-state index in [1.54, 1.807) is 0 Å². The van der Waals surface area contributed by atoms with E-state index in [4.69, 9.17) is 9.47 Å². The number of carbonyl (C=O) groups excluding carboxylic acids is 2. The molecule has 0 saturated heterocycles. The zero-order valence-electron chi connectivity index (χ0n) is 13.9. The average Bonchev–Trinajstić information content (AvgIpc) is 2.52. The van der Waals surface area contributed by atoms with E-state index in [2.05, 4.69) is 23.6 Å². The Hall–Kier alpha value is -1.46. The molecule has 0 bridgehead atoms. The van der Waals surface area contributed by atoms with Crippen LogP contribution in [0.3, 0.4) is 0 Å². The molecule has 6 heteroatoms. The first-order chi connectivity index (χ1) is 10.7. The third-order valence-electron chi connectivity index (χ3n) is 3.11. The van der Waals surface area contributed by atoms with E-state index in [0.29, 0.717) is 0 Å². The van der Waals surface area contributed by atoms with Crippen LogP contribution in [0, 0.1) is 0 Å². The summed E-state index contributed by atoms with van der Waals surface area (Å²) in [5, 5.41) is 0. The average molecular weight is 318 g/mol. The first-order valence-electron chi connectivity index (χ1n) is 8.38. The molecule has 22 heavy (non-hydrogen) atoms. The molecule has 0 radical (unpaired) electrons. The van der Waals surface area contributed by atoms with Crippen molar-refractivity contribution in [3.63, 3.8) is 0 Å². The molecule has 0 N–H and O–H groups in total. The lowest BCUT2D eigenvalue weighted by molar-refractivity contribution is -0.217. The second kappa shape index (κ2) is 15.9. The molecule has 6 nitrogen and oxygen atoms in total. The quantitative estimate of drug-likeness (QED) is 0.214. The van der Waals surface area contributed by atoms with Crippen LogP contribution in [0.1, 0.15) is 78.1 Å². The van der Waals surface area contributed by atoms with Crippen molar-refractivity contribution in [1.82, 2.24) is 0 Å². The minimum Gasteiger partial charge on any atom is -0.432 e. The highest BCUT2D eigenvalue weighted by Gasteiger charge is 2.11. The molecule has 0 fully saturated rings. The van der Waals surface area contributed by atoms with Crippen LogP contribution in [0.5, 0.6) is 0 Å². The van der Waals surface area contributed by atoms with Gasteiger partial charge in [-0.05, 0) is 12.8 Å². The van der Waals surface area contributed by atoms with E-state index in [1.807, 2.05) is 0 Å². The molecular formula is C16H30O6. The van der Waals surface area contributed by atoms with Crippen molar-refractivity contribution in [2.45, 2.75) is 78.1 Å². The lowest BCUT2D eigenvalue weighted by Crippen LogP contribution is -2.14. The minimum atomic E-state index is -1.02. The molecule has 0 atom stereocenters. The van der Waals surface area contributed by atoms with E-state index in [9.17, 15) is 9.59 Å². The highest BCUT2D eigenvalue weighted by Crippen LogP contribution is 2.04. The lowest BCUT2D eigenvalue weighted by Gasteiger charge is -2.05. The van der Waals surface area contributed by atoms with Gasteiger partial charge >= 0.3 is 12.3 Å². The molecule has 0 aromatic carbocycles. The Balaban J connectivity index is 3.36. The Morgan fingerprint density at radius 3 is 1.32 bits per heavy atom. The highest BCUT2D eigenvalue weighted by molar-refractivity contribution is 5.63. The van der Waals surface area contributed by atoms with Crippen LogP contribution in [0.4, 0.5) is 9.59 Å². The van der Waals surface area contributed by atoms with Gasteiger partial charge in [0.25, 0.3) is 0 Å². The van der Waals surface area contributed by atoms with Gasteiger partial charge in [-0.15, -0.1) is 0 Å². The number of hydrogen-bond donors (Lipinski definition) is 0. The molecule has 0 aromatic heterocycles. The second-order valence-electron chi connectivity index (χ2n) is 5.19. The Labute approximate surface area is 133 Å². The second-order valence-corrected chi connectivity index (χ2v) is 5.19. The monoisotopic (exact) mass is 318 g/mol. The van der Waals surface area contributed by atoms with Crippen molar-refractivity contribution in [2.75, 3.05) is 13.2 Å². The van der Waals surface area contributed by atoms with Gasteiger partial charge in [-0.25, -0.2) is 0 Å². The maximum atomic E-state index is 11.1. The molecule has 0 saturated carbocycles. The summed E-state index contributed by atoms with van der Waals surface area (Å²) in [6.07, 6.45) is 8.45. The fourth-order valence-corrected chi connectivity index (χ4v) is 1.84. The molecule has 0 aliphatic rings. The van der Waals surface area contributed by atoms with Crippen LogP contribution < -0.4 is 0 Å². The van der Waals surface area contributed by atoms with Crippen LogP contribution in [0.2, 0.25) is 0 Å². The highest BCUT2D eigenvalue weighted by atomic mass is 17.3. The zero-order valence-corrected chi connectivity index (χ0v) is 13.9. The first-order valence-corrected chi connectivity index (χ1v) is 8.38. The van der Waals surface area contributed by atoms with E-state index >= 15 is 0 Å². The summed E-state index contributed by atoms with van der Waals surface area (Å²) in [5.74, 6) is 0. The summed E-state index contributed by atoms with van der Waals surface area (Å²) in [6.45, 7) is 4.79. The van der Waals surface area contributed by atoms with Crippen molar-refractivity contribution in [1.29, 1.82) is 0 Å². The fourth-order valence-electron chi connectivity index (χ4n) is 1.84. The predicted molar refractivity (Wildman–Crippen MR) is 82.4 cm³/mol. The summed E-state index contributed by atoms with van der Waals surface area (Å²) >= 11 is 0. The van der Waals surface area contributed by atoms with E-state index in [1.165, 1.54) is 12.8 Å². The van der Waals surface area contributed by atoms with Crippen molar-refractivity contribution in [2.24, 2.45) is 0 Å². The molecule has 130 valence electrons. The predicted octanol–water partition coefficient (Wildman–Crippen LogP) is 5.15.